The largest absolute Gasteiger partial charge is 0.462 e. The van der Waals surface area contributed by atoms with Gasteiger partial charge in [0.1, 0.15) is 13.2 Å². The quantitative estimate of drug-likeness (QED) is 0.0261. The van der Waals surface area contributed by atoms with E-state index in [-0.39, 0.29) is 37.5 Å². The Bertz CT molecular complexity index is 1870. The molecular weight excluding hydrogens is 1010 g/mol. The molecule has 0 rings (SSSR count). The minimum atomic E-state index is -0.823. The summed E-state index contributed by atoms with van der Waals surface area (Å²) in [6.45, 7) is 6.34. The topological polar surface area (TPSA) is 78.9 Å². The number of carbonyl (C=O) groups is 3. The molecule has 0 aliphatic carbocycles. The third kappa shape index (κ3) is 65.6. The lowest BCUT2D eigenvalue weighted by atomic mass is 10.1. The minimum Gasteiger partial charge on any atom is -0.462 e. The average molecular weight is 1130 g/mol. The van der Waals surface area contributed by atoms with Gasteiger partial charge in [-0.15, -0.1) is 0 Å². The number of carbonyl (C=O) groups excluding carboxylic acids is 3. The van der Waals surface area contributed by atoms with Gasteiger partial charge in [0.2, 0.25) is 0 Å². The van der Waals surface area contributed by atoms with Crippen molar-refractivity contribution in [2.75, 3.05) is 13.2 Å². The van der Waals surface area contributed by atoms with Gasteiger partial charge in [0.25, 0.3) is 0 Å². The van der Waals surface area contributed by atoms with E-state index in [1.54, 1.807) is 0 Å². The Labute approximate surface area is 504 Å². The van der Waals surface area contributed by atoms with Gasteiger partial charge < -0.3 is 14.2 Å². The number of ether oxygens (including phenoxy) is 3. The Hall–Kier alpha value is -5.23. The molecule has 6 nitrogen and oxygen atoms in total. The van der Waals surface area contributed by atoms with Crippen LogP contribution in [0.25, 0.3) is 0 Å². The van der Waals surface area contributed by atoms with Crippen molar-refractivity contribution < 1.29 is 28.6 Å². The van der Waals surface area contributed by atoms with Crippen LogP contribution in [0.15, 0.2) is 170 Å². The molecule has 6 heteroatoms. The fourth-order valence-electron chi connectivity index (χ4n) is 8.54. The highest BCUT2D eigenvalue weighted by atomic mass is 16.6. The van der Waals surface area contributed by atoms with Crippen molar-refractivity contribution in [1.82, 2.24) is 0 Å². The van der Waals surface area contributed by atoms with Gasteiger partial charge in [-0.2, -0.15) is 0 Å². The molecule has 82 heavy (non-hydrogen) atoms. The fourth-order valence-corrected chi connectivity index (χ4v) is 8.54. The second kappa shape index (κ2) is 68.3. The van der Waals surface area contributed by atoms with E-state index in [9.17, 15) is 14.4 Å². The van der Waals surface area contributed by atoms with Crippen molar-refractivity contribution in [2.24, 2.45) is 0 Å². The van der Waals surface area contributed by atoms with Crippen LogP contribution in [0, 0.1) is 0 Å². The molecule has 0 aromatic rings. The molecule has 0 spiro atoms. The van der Waals surface area contributed by atoms with Crippen LogP contribution in [-0.2, 0) is 28.6 Å². The molecule has 460 valence electrons. The Balaban J connectivity index is 4.54. The maximum absolute atomic E-state index is 12.9. The molecule has 0 radical (unpaired) electrons. The first kappa shape index (κ1) is 76.8. The molecule has 1 unspecified atom stereocenters. The summed E-state index contributed by atoms with van der Waals surface area (Å²) in [4.78, 5) is 38.4. The Morgan fingerprint density at radius 2 is 0.476 bits per heavy atom. The lowest BCUT2D eigenvalue weighted by molar-refractivity contribution is -0.167. The van der Waals surface area contributed by atoms with Crippen LogP contribution in [0.2, 0.25) is 0 Å². The average Bonchev–Trinajstić information content (AvgIpc) is 3.47. The van der Waals surface area contributed by atoms with E-state index >= 15 is 0 Å². The Morgan fingerprint density at radius 1 is 0.256 bits per heavy atom. The Kier molecular flexibility index (Phi) is 63.9. The summed E-state index contributed by atoms with van der Waals surface area (Å²) < 4.78 is 16.9. The summed E-state index contributed by atoms with van der Waals surface area (Å²) in [6.07, 6.45) is 101. The maximum atomic E-state index is 12.9. The highest BCUT2D eigenvalue weighted by Crippen LogP contribution is 2.14. The molecule has 1 atom stereocenters. The molecular formula is C76H120O6. The molecule has 0 aliphatic rings. The summed E-state index contributed by atoms with van der Waals surface area (Å²) in [7, 11) is 0. The van der Waals surface area contributed by atoms with Gasteiger partial charge >= 0.3 is 17.9 Å². The van der Waals surface area contributed by atoms with Crippen LogP contribution in [0.4, 0.5) is 0 Å². The molecule has 0 bridgehead atoms. The van der Waals surface area contributed by atoms with Crippen LogP contribution in [0.3, 0.4) is 0 Å². The zero-order valence-electron chi connectivity index (χ0n) is 52.7. The molecule has 0 fully saturated rings. The van der Waals surface area contributed by atoms with Crippen LogP contribution in [0.5, 0.6) is 0 Å². The molecule has 0 saturated carbocycles. The van der Waals surface area contributed by atoms with Crippen molar-refractivity contribution in [3.63, 3.8) is 0 Å². The second-order valence-corrected chi connectivity index (χ2v) is 21.3. The highest BCUT2D eigenvalue weighted by molar-refractivity contribution is 5.71. The fraction of sp³-hybridized carbons (Fsp3) is 0.592. The SMILES string of the molecule is CC/C=C\C/C=C\C/C=C\C/C=C\C/C=C\C/C=C\CCCCCCCCC(=O)OCC(COC(=O)CCCCCCCCC/C=C\C/C=C\CCCCCC)OC(=O)CCCC/C=C\C/C=C\C/C=C\C/C=C\C/C=C\C/C=C\CC. The van der Waals surface area contributed by atoms with E-state index in [1.807, 2.05) is 0 Å². The molecule has 0 aromatic carbocycles. The first-order valence-corrected chi connectivity index (χ1v) is 33.1. The Morgan fingerprint density at radius 3 is 0.768 bits per heavy atom. The lowest BCUT2D eigenvalue weighted by Gasteiger charge is -2.18. The zero-order chi connectivity index (χ0) is 59.2. The number of hydrogen-bond donors (Lipinski definition) is 0. The van der Waals surface area contributed by atoms with Gasteiger partial charge in [-0.1, -0.05) is 268 Å². The predicted octanol–water partition coefficient (Wildman–Crippen LogP) is 23.0. The van der Waals surface area contributed by atoms with Gasteiger partial charge in [0.15, 0.2) is 6.10 Å². The van der Waals surface area contributed by atoms with Crippen LogP contribution < -0.4 is 0 Å². The first-order chi connectivity index (χ1) is 40.5. The minimum absolute atomic E-state index is 0.112. The molecule has 0 amide bonds. The second-order valence-electron chi connectivity index (χ2n) is 21.3. The van der Waals surface area contributed by atoms with E-state index in [0.717, 1.165) is 154 Å². The van der Waals surface area contributed by atoms with Gasteiger partial charge in [0, 0.05) is 19.3 Å². The van der Waals surface area contributed by atoms with Crippen molar-refractivity contribution in [3.05, 3.63) is 170 Å². The third-order valence-electron chi connectivity index (χ3n) is 13.4. The van der Waals surface area contributed by atoms with Crippen LogP contribution >= 0.6 is 0 Å². The van der Waals surface area contributed by atoms with Crippen LogP contribution in [-0.4, -0.2) is 37.2 Å². The van der Waals surface area contributed by atoms with Crippen molar-refractivity contribution in [2.45, 2.75) is 277 Å². The standard InChI is InChI=1S/C76H120O6/c1-4-7-10-13-16-19-22-25-28-31-34-36-37-38-39-41-42-45-48-51-54-57-60-63-66-69-75(78)81-72-73(71-80-74(77)68-65-62-59-56-53-50-47-44-33-30-27-24-21-18-15-12-9-6-3)82-76(79)70-67-64-61-58-55-52-49-46-43-40-35-32-29-26-23-20-17-14-11-8-5-2/h7-8,10-11,16-17,19-21,24-26,28-30,33-36,38-40,42,45-46,49,55,58,73H,4-6,9,12-15,18,22-23,27,31-32,37,41,43-44,47-48,50-54,56-57,59-72H2,1-3H3/b10-7-,11-8-,19-16-,20-17-,24-21-,28-25-,29-26-,33-30-,36-34-,39-38-,40-35-,45-42-,49-46-,58-55-. The number of esters is 3. The van der Waals surface area contributed by atoms with Crippen molar-refractivity contribution >= 4 is 17.9 Å². The number of unbranched alkanes of at least 4 members (excludes halogenated alkanes) is 19. The maximum Gasteiger partial charge on any atom is 0.306 e. The van der Waals surface area contributed by atoms with Crippen LogP contribution in [0.1, 0.15) is 271 Å². The highest BCUT2D eigenvalue weighted by Gasteiger charge is 2.19. The van der Waals surface area contributed by atoms with Gasteiger partial charge in [-0.25, -0.2) is 0 Å². The number of hydrogen-bond acceptors (Lipinski definition) is 6. The van der Waals surface area contributed by atoms with Gasteiger partial charge in [0.05, 0.1) is 0 Å². The van der Waals surface area contributed by atoms with E-state index in [2.05, 4.69) is 191 Å². The lowest BCUT2D eigenvalue weighted by Crippen LogP contribution is -2.30. The summed E-state index contributed by atoms with van der Waals surface area (Å²) in [6, 6.07) is 0. The molecule has 0 saturated heterocycles. The molecule has 0 heterocycles. The first-order valence-electron chi connectivity index (χ1n) is 33.1. The molecule has 0 aliphatic heterocycles. The normalized spacial score (nSPS) is 13.3. The molecule has 0 N–H and O–H groups in total. The summed E-state index contributed by atoms with van der Waals surface area (Å²) in [5, 5.41) is 0. The number of allylic oxidation sites excluding steroid dienone is 28. The van der Waals surface area contributed by atoms with E-state index in [0.29, 0.717) is 19.3 Å². The smallest absolute Gasteiger partial charge is 0.306 e. The summed E-state index contributed by atoms with van der Waals surface area (Å²) >= 11 is 0. The van der Waals surface area contributed by atoms with Crippen molar-refractivity contribution in [3.8, 4) is 0 Å². The number of rotatable bonds is 58. The summed E-state index contributed by atoms with van der Waals surface area (Å²) in [5.41, 5.74) is 0. The zero-order valence-corrected chi connectivity index (χ0v) is 52.7. The molecule has 0 aromatic heterocycles. The van der Waals surface area contributed by atoms with Crippen molar-refractivity contribution in [1.29, 1.82) is 0 Å². The van der Waals surface area contributed by atoms with Gasteiger partial charge in [-0.3, -0.25) is 14.4 Å². The third-order valence-corrected chi connectivity index (χ3v) is 13.4. The van der Waals surface area contributed by atoms with E-state index in [4.69, 9.17) is 14.2 Å². The van der Waals surface area contributed by atoms with E-state index < -0.39 is 6.10 Å². The van der Waals surface area contributed by atoms with Gasteiger partial charge in [-0.05, 0) is 154 Å². The predicted molar refractivity (Wildman–Crippen MR) is 357 cm³/mol. The monoisotopic (exact) mass is 1130 g/mol. The van der Waals surface area contributed by atoms with E-state index in [1.165, 1.54) is 70.6 Å². The summed E-state index contributed by atoms with van der Waals surface area (Å²) in [5.74, 6) is -0.981.